The average Bonchev–Trinajstić information content (AvgIpc) is 3.09. The third-order valence-electron chi connectivity index (χ3n) is 4.12. The number of amides is 1. The smallest absolute Gasteiger partial charge is 0.258 e. The van der Waals surface area contributed by atoms with Gasteiger partial charge in [-0.2, -0.15) is 0 Å². The van der Waals surface area contributed by atoms with Crippen LogP contribution in [-0.2, 0) is 11.2 Å². The molecule has 1 N–H and O–H groups in total. The Bertz CT molecular complexity index is 1080. The highest BCUT2D eigenvalue weighted by Crippen LogP contribution is 2.27. The number of rotatable bonds is 7. The molecule has 0 aliphatic heterocycles. The van der Waals surface area contributed by atoms with Gasteiger partial charge in [-0.15, -0.1) is 11.3 Å². The van der Waals surface area contributed by atoms with Crippen molar-refractivity contribution in [1.29, 1.82) is 0 Å². The number of methoxy groups -OCH3 is 2. The average molecular weight is 399 g/mol. The first-order valence-corrected chi connectivity index (χ1v) is 9.54. The molecule has 0 aliphatic carbocycles. The summed E-state index contributed by atoms with van der Waals surface area (Å²) in [6.45, 7) is 2.22. The molecule has 0 saturated heterocycles. The number of carbonyl (C=O) groups is 1. The van der Waals surface area contributed by atoms with E-state index < -0.39 is 0 Å². The van der Waals surface area contributed by atoms with E-state index in [9.17, 15) is 9.59 Å². The molecule has 0 bridgehead atoms. The Morgan fingerprint density at radius 1 is 1.25 bits per heavy atom. The number of aromatic nitrogens is 2. The van der Waals surface area contributed by atoms with Gasteiger partial charge in [-0.25, -0.2) is 4.98 Å². The first-order chi connectivity index (χ1) is 13.5. The van der Waals surface area contributed by atoms with Crippen LogP contribution in [0.3, 0.4) is 0 Å². The van der Waals surface area contributed by atoms with E-state index in [1.807, 2.05) is 11.4 Å². The third kappa shape index (κ3) is 4.40. The summed E-state index contributed by atoms with van der Waals surface area (Å²) in [4.78, 5) is 29.2. The van der Waals surface area contributed by atoms with Gasteiger partial charge in [-0.3, -0.25) is 14.0 Å². The number of nitrogens with zero attached hydrogens (tertiary/aromatic N) is 2. The zero-order chi connectivity index (χ0) is 20.1. The number of nitrogens with one attached hydrogen (secondary N) is 1. The normalized spacial score (nSPS) is 11.1. The summed E-state index contributed by atoms with van der Waals surface area (Å²) in [6.07, 6.45) is 3.71. The molecule has 0 spiro atoms. The second-order valence-corrected chi connectivity index (χ2v) is 6.91. The minimum atomic E-state index is -0.212. The van der Waals surface area contributed by atoms with Crippen LogP contribution in [0.1, 0.15) is 17.0 Å². The third-order valence-corrected chi connectivity index (χ3v) is 4.99. The van der Waals surface area contributed by atoms with E-state index in [4.69, 9.17) is 9.47 Å². The number of benzene rings is 1. The largest absolute Gasteiger partial charge is 0.493 e. The molecule has 8 heteroatoms. The van der Waals surface area contributed by atoms with Crippen molar-refractivity contribution in [3.8, 4) is 11.5 Å². The Labute approximate surface area is 166 Å². The van der Waals surface area contributed by atoms with E-state index in [1.165, 1.54) is 23.5 Å². The molecular formula is C20H21N3O4S. The molecule has 1 amide bonds. The van der Waals surface area contributed by atoms with E-state index in [-0.39, 0.29) is 11.5 Å². The SMILES string of the molecule is COc1ccc(C=CC(=O)NCCc2csc3nc(C)cc(=O)n23)cc1OC. The molecule has 2 heterocycles. The predicted molar refractivity (Wildman–Crippen MR) is 109 cm³/mol. The molecule has 0 atom stereocenters. The van der Waals surface area contributed by atoms with Gasteiger partial charge in [0.1, 0.15) is 0 Å². The van der Waals surface area contributed by atoms with Gasteiger partial charge in [-0.1, -0.05) is 6.07 Å². The maximum absolute atomic E-state index is 12.1. The molecule has 0 unspecified atom stereocenters. The van der Waals surface area contributed by atoms with Gasteiger partial charge in [0.15, 0.2) is 16.5 Å². The molecule has 0 aliphatic rings. The quantitative estimate of drug-likeness (QED) is 0.617. The van der Waals surface area contributed by atoms with Crippen molar-refractivity contribution in [2.24, 2.45) is 0 Å². The molecule has 1 aromatic carbocycles. The van der Waals surface area contributed by atoms with Crippen LogP contribution in [-0.4, -0.2) is 36.1 Å². The van der Waals surface area contributed by atoms with Crippen LogP contribution in [0.2, 0.25) is 0 Å². The first kappa shape index (κ1) is 19.6. The van der Waals surface area contributed by atoms with Crippen LogP contribution in [0.4, 0.5) is 0 Å². The highest BCUT2D eigenvalue weighted by molar-refractivity contribution is 7.15. The van der Waals surface area contributed by atoms with Crippen molar-refractivity contribution in [1.82, 2.24) is 14.7 Å². The molecule has 3 aromatic rings. The Morgan fingerprint density at radius 2 is 2.04 bits per heavy atom. The standard InChI is InChI=1S/C20H21N3O4S/c1-13-10-19(25)23-15(12-28-20(23)22-13)8-9-21-18(24)7-5-14-4-6-16(26-2)17(11-14)27-3/h4-7,10-12H,8-9H2,1-3H3,(H,21,24). The lowest BCUT2D eigenvalue weighted by Gasteiger charge is -2.07. The van der Waals surface area contributed by atoms with Gasteiger partial charge in [0, 0.05) is 41.9 Å². The van der Waals surface area contributed by atoms with Crippen molar-refractivity contribution < 1.29 is 14.3 Å². The first-order valence-electron chi connectivity index (χ1n) is 8.66. The summed E-state index contributed by atoms with van der Waals surface area (Å²) >= 11 is 1.42. The van der Waals surface area contributed by atoms with Crippen LogP contribution in [0.5, 0.6) is 11.5 Å². The van der Waals surface area contributed by atoms with Crippen LogP contribution >= 0.6 is 11.3 Å². The summed E-state index contributed by atoms with van der Waals surface area (Å²) in [5.41, 5.74) is 2.26. The number of ether oxygens (including phenoxy) is 2. The zero-order valence-corrected chi connectivity index (χ0v) is 16.7. The molecule has 146 valence electrons. The minimum absolute atomic E-state index is 0.0987. The van der Waals surface area contributed by atoms with Crippen LogP contribution in [0.15, 0.2) is 40.5 Å². The number of hydrogen-bond acceptors (Lipinski definition) is 6. The molecule has 2 aromatic heterocycles. The fourth-order valence-corrected chi connectivity index (χ4v) is 3.73. The van der Waals surface area contributed by atoms with Crippen molar-refractivity contribution in [2.75, 3.05) is 20.8 Å². The van der Waals surface area contributed by atoms with Crippen molar-refractivity contribution in [3.05, 3.63) is 63.0 Å². The summed E-state index contributed by atoms with van der Waals surface area (Å²) in [7, 11) is 3.14. The van der Waals surface area contributed by atoms with Crippen LogP contribution in [0.25, 0.3) is 11.0 Å². The van der Waals surface area contributed by atoms with Gasteiger partial charge < -0.3 is 14.8 Å². The number of carbonyl (C=O) groups excluding carboxylic acids is 1. The fourth-order valence-electron chi connectivity index (χ4n) is 2.76. The Balaban J connectivity index is 1.59. The molecule has 3 rings (SSSR count). The van der Waals surface area contributed by atoms with E-state index in [0.29, 0.717) is 35.1 Å². The molecule has 7 nitrogen and oxygen atoms in total. The van der Waals surface area contributed by atoms with Crippen molar-refractivity contribution in [3.63, 3.8) is 0 Å². The topological polar surface area (TPSA) is 81.9 Å². The van der Waals surface area contributed by atoms with Gasteiger partial charge in [0.05, 0.1) is 14.2 Å². The van der Waals surface area contributed by atoms with Gasteiger partial charge in [0.2, 0.25) is 5.91 Å². The lowest BCUT2D eigenvalue weighted by atomic mass is 10.2. The lowest BCUT2D eigenvalue weighted by Crippen LogP contribution is -2.25. The lowest BCUT2D eigenvalue weighted by molar-refractivity contribution is -0.116. The summed E-state index contributed by atoms with van der Waals surface area (Å²) in [6, 6.07) is 6.92. The van der Waals surface area contributed by atoms with E-state index in [2.05, 4.69) is 10.3 Å². The van der Waals surface area contributed by atoms with Crippen LogP contribution < -0.4 is 20.3 Å². The maximum atomic E-state index is 12.1. The van der Waals surface area contributed by atoms with E-state index >= 15 is 0 Å². The monoisotopic (exact) mass is 399 g/mol. The summed E-state index contributed by atoms with van der Waals surface area (Å²) in [5.74, 6) is 1.02. The number of aryl methyl sites for hydroxylation is 1. The van der Waals surface area contributed by atoms with Crippen molar-refractivity contribution >= 4 is 28.3 Å². The number of fused-ring (bicyclic) bond motifs is 1. The highest BCUT2D eigenvalue weighted by atomic mass is 32.1. The number of hydrogen-bond donors (Lipinski definition) is 1. The summed E-state index contributed by atoms with van der Waals surface area (Å²) < 4.78 is 12.0. The number of thiazole rings is 1. The predicted octanol–water partition coefficient (Wildman–Crippen LogP) is 2.45. The van der Waals surface area contributed by atoms with Gasteiger partial charge >= 0.3 is 0 Å². The van der Waals surface area contributed by atoms with E-state index in [1.54, 1.807) is 43.8 Å². The highest BCUT2D eigenvalue weighted by Gasteiger charge is 2.08. The maximum Gasteiger partial charge on any atom is 0.258 e. The zero-order valence-electron chi connectivity index (χ0n) is 15.9. The van der Waals surface area contributed by atoms with E-state index in [0.717, 1.165) is 11.3 Å². The van der Waals surface area contributed by atoms with Crippen molar-refractivity contribution in [2.45, 2.75) is 13.3 Å². The van der Waals surface area contributed by atoms with Gasteiger partial charge in [0.25, 0.3) is 5.56 Å². The second-order valence-electron chi connectivity index (χ2n) is 6.07. The Kier molecular flexibility index (Phi) is 6.10. The summed E-state index contributed by atoms with van der Waals surface area (Å²) in [5, 5.41) is 4.72. The second kappa shape index (κ2) is 8.71. The molecular weight excluding hydrogens is 378 g/mol. The minimum Gasteiger partial charge on any atom is -0.493 e. The van der Waals surface area contributed by atoms with Gasteiger partial charge in [-0.05, 0) is 30.7 Å². The Hall–Kier alpha value is -3.13. The molecule has 0 radical (unpaired) electrons. The molecule has 0 saturated carbocycles. The molecule has 0 fully saturated rings. The van der Waals surface area contributed by atoms with Crippen LogP contribution in [0, 0.1) is 6.92 Å². The Morgan fingerprint density at radius 3 is 2.79 bits per heavy atom. The fraction of sp³-hybridized carbons (Fsp3) is 0.250. The molecule has 28 heavy (non-hydrogen) atoms.